The van der Waals surface area contributed by atoms with Crippen molar-refractivity contribution in [2.24, 2.45) is 0 Å². The predicted octanol–water partition coefficient (Wildman–Crippen LogP) is 4.01. The van der Waals surface area contributed by atoms with Crippen molar-refractivity contribution in [1.29, 1.82) is 0 Å². The van der Waals surface area contributed by atoms with E-state index < -0.39 is 0 Å². The first-order valence-corrected chi connectivity index (χ1v) is 6.81. The molecule has 0 fully saturated rings. The lowest BCUT2D eigenvalue weighted by Crippen LogP contribution is -2.09. The van der Waals surface area contributed by atoms with Crippen LogP contribution in [-0.4, -0.2) is 16.5 Å². The van der Waals surface area contributed by atoms with E-state index in [0.29, 0.717) is 5.92 Å². The van der Waals surface area contributed by atoms with Crippen LogP contribution >= 0.6 is 0 Å². The summed E-state index contributed by atoms with van der Waals surface area (Å²) in [7, 11) is 0. The van der Waals surface area contributed by atoms with E-state index in [1.54, 1.807) is 0 Å². The summed E-state index contributed by atoms with van der Waals surface area (Å²) in [6.45, 7) is 9.36. The zero-order valence-corrected chi connectivity index (χ0v) is 12.1. The van der Waals surface area contributed by atoms with Gasteiger partial charge in [0, 0.05) is 23.4 Å². The Kier molecular flexibility index (Phi) is 4.15. The van der Waals surface area contributed by atoms with E-state index in [0.717, 1.165) is 29.4 Å². The smallest absolute Gasteiger partial charge is 0.161 e. The number of nitrogens with zero attached hydrogens (tertiary/aromatic N) is 2. The summed E-state index contributed by atoms with van der Waals surface area (Å²) in [6.07, 6.45) is 0. The summed E-state index contributed by atoms with van der Waals surface area (Å²) in [6, 6.07) is 10.1. The largest absolute Gasteiger partial charge is 0.370 e. The lowest BCUT2D eigenvalue weighted by molar-refractivity contribution is 0.831. The minimum absolute atomic E-state index is 0.416. The highest BCUT2D eigenvalue weighted by atomic mass is 15.0. The van der Waals surface area contributed by atoms with E-state index in [-0.39, 0.29) is 0 Å². The predicted molar refractivity (Wildman–Crippen MR) is 80.5 cm³/mol. The monoisotopic (exact) mass is 255 g/mol. The van der Waals surface area contributed by atoms with Crippen LogP contribution < -0.4 is 5.32 Å². The van der Waals surface area contributed by atoms with Crippen molar-refractivity contribution in [1.82, 2.24) is 9.97 Å². The molecule has 0 saturated heterocycles. The van der Waals surface area contributed by atoms with Gasteiger partial charge in [0.15, 0.2) is 5.82 Å². The molecule has 1 aromatic carbocycles. The van der Waals surface area contributed by atoms with E-state index in [1.165, 1.54) is 5.56 Å². The Bertz CT molecular complexity index is 547. The Morgan fingerprint density at radius 1 is 1.11 bits per heavy atom. The Morgan fingerprint density at radius 3 is 2.37 bits per heavy atom. The number of aryl methyl sites for hydroxylation is 1. The fourth-order valence-electron chi connectivity index (χ4n) is 2.29. The third-order valence-electron chi connectivity index (χ3n) is 3.09. The second-order valence-electron chi connectivity index (χ2n) is 4.95. The highest BCUT2D eigenvalue weighted by molar-refractivity contribution is 5.60. The second kappa shape index (κ2) is 5.83. The molecular formula is C16H21N3. The maximum absolute atomic E-state index is 4.69. The summed E-state index contributed by atoms with van der Waals surface area (Å²) < 4.78 is 0. The van der Waals surface area contributed by atoms with Crippen LogP contribution in [0.15, 0.2) is 30.3 Å². The number of benzene rings is 1. The fraction of sp³-hybridized carbons (Fsp3) is 0.375. The topological polar surface area (TPSA) is 37.8 Å². The zero-order valence-electron chi connectivity index (χ0n) is 12.1. The standard InChI is InChI=1S/C16H21N3/c1-5-17-16-14(11(2)3)12(4)18-15(19-16)13-9-7-6-8-10-13/h6-11H,5H2,1-4H3,(H,17,18,19). The van der Waals surface area contributed by atoms with Crippen molar-refractivity contribution in [3.8, 4) is 11.4 Å². The summed E-state index contributed by atoms with van der Waals surface area (Å²) in [4.78, 5) is 9.35. The van der Waals surface area contributed by atoms with Gasteiger partial charge in [-0.3, -0.25) is 0 Å². The quantitative estimate of drug-likeness (QED) is 0.897. The first-order valence-electron chi connectivity index (χ1n) is 6.81. The maximum atomic E-state index is 4.69. The van der Waals surface area contributed by atoms with Crippen LogP contribution in [0.5, 0.6) is 0 Å². The number of anilines is 1. The first kappa shape index (κ1) is 13.5. The van der Waals surface area contributed by atoms with Gasteiger partial charge >= 0.3 is 0 Å². The summed E-state index contributed by atoms with van der Waals surface area (Å²) in [5.74, 6) is 2.17. The van der Waals surface area contributed by atoms with Gasteiger partial charge in [0.2, 0.25) is 0 Å². The number of hydrogen-bond donors (Lipinski definition) is 1. The molecule has 0 amide bonds. The molecule has 0 spiro atoms. The van der Waals surface area contributed by atoms with Gasteiger partial charge in [-0.2, -0.15) is 0 Å². The molecule has 3 heteroatoms. The van der Waals surface area contributed by atoms with Crippen LogP contribution in [-0.2, 0) is 0 Å². The van der Waals surface area contributed by atoms with Gasteiger partial charge in [-0.25, -0.2) is 9.97 Å². The normalized spacial score (nSPS) is 10.8. The fourth-order valence-corrected chi connectivity index (χ4v) is 2.29. The van der Waals surface area contributed by atoms with Crippen molar-refractivity contribution in [2.45, 2.75) is 33.6 Å². The number of aromatic nitrogens is 2. The minimum Gasteiger partial charge on any atom is -0.370 e. The molecule has 1 heterocycles. The first-order chi connectivity index (χ1) is 9.13. The van der Waals surface area contributed by atoms with Gasteiger partial charge in [0.25, 0.3) is 0 Å². The van der Waals surface area contributed by atoms with E-state index in [9.17, 15) is 0 Å². The molecule has 1 aromatic heterocycles. The van der Waals surface area contributed by atoms with E-state index in [4.69, 9.17) is 4.98 Å². The summed E-state index contributed by atoms with van der Waals surface area (Å²) in [5, 5.41) is 3.36. The van der Waals surface area contributed by atoms with Crippen molar-refractivity contribution in [3.63, 3.8) is 0 Å². The van der Waals surface area contributed by atoms with Gasteiger partial charge in [0.1, 0.15) is 5.82 Å². The Hall–Kier alpha value is -1.90. The average molecular weight is 255 g/mol. The number of nitrogens with one attached hydrogen (secondary N) is 1. The molecule has 0 atom stereocenters. The maximum Gasteiger partial charge on any atom is 0.161 e. The van der Waals surface area contributed by atoms with Gasteiger partial charge in [0.05, 0.1) is 0 Å². The van der Waals surface area contributed by atoms with Crippen molar-refractivity contribution < 1.29 is 0 Å². The van der Waals surface area contributed by atoms with Crippen LogP contribution in [0.1, 0.15) is 37.9 Å². The summed E-state index contributed by atoms with van der Waals surface area (Å²) >= 11 is 0. The molecule has 0 aliphatic carbocycles. The molecule has 3 nitrogen and oxygen atoms in total. The van der Waals surface area contributed by atoms with Crippen LogP contribution in [0.3, 0.4) is 0 Å². The van der Waals surface area contributed by atoms with Crippen molar-refractivity contribution >= 4 is 5.82 Å². The molecule has 0 radical (unpaired) electrons. The van der Waals surface area contributed by atoms with E-state index in [1.807, 2.05) is 30.3 Å². The SMILES string of the molecule is CCNc1nc(-c2ccccc2)nc(C)c1C(C)C. The number of hydrogen-bond acceptors (Lipinski definition) is 3. The Labute approximate surface area is 115 Å². The average Bonchev–Trinajstić information content (AvgIpc) is 2.39. The van der Waals surface area contributed by atoms with Gasteiger partial charge in [-0.15, -0.1) is 0 Å². The minimum atomic E-state index is 0.416. The number of rotatable bonds is 4. The van der Waals surface area contributed by atoms with Gasteiger partial charge < -0.3 is 5.32 Å². The third-order valence-corrected chi connectivity index (χ3v) is 3.09. The van der Waals surface area contributed by atoms with Crippen molar-refractivity contribution in [2.75, 3.05) is 11.9 Å². The Balaban J connectivity index is 2.54. The van der Waals surface area contributed by atoms with Gasteiger partial charge in [-0.1, -0.05) is 44.2 Å². The lowest BCUT2D eigenvalue weighted by atomic mass is 10.0. The second-order valence-corrected chi connectivity index (χ2v) is 4.95. The molecule has 0 aliphatic heterocycles. The molecule has 2 rings (SSSR count). The molecule has 1 N–H and O–H groups in total. The molecule has 0 bridgehead atoms. The van der Waals surface area contributed by atoms with E-state index in [2.05, 4.69) is 38.0 Å². The molecule has 0 aliphatic rings. The molecule has 0 saturated carbocycles. The van der Waals surface area contributed by atoms with Crippen LogP contribution in [0.25, 0.3) is 11.4 Å². The van der Waals surface area contributed by atoms with E-state index >= 15 is 0 Å². The molecular weight excluding hydrogens is 234 g/mol. The summed E-state index contributed by atoms with van der Waals surface area (Å²) in [5.41, 5.74) is 3.32. The van der Waals surface area contributed by atoms with Gasteiger partial charge in [-0.05, 0) is 19.8 Å². The Morgan fingerprint density at radius 2 is 1.79 bits per heavy atom. The van der Waals surface area contributed by atoms with Crippen LogP contribution in [0.2, 0.25) is 0 Å². The lowest BCUT2D eigenvalue weighted by Gasteiger charge is -2.16. The zero-order chi connectivity index (χ0) is 13.8. The van der Waals surface area contributed by atoms with Crippen LogP contribution in [0, 0.1) is 6.92 Å². The third kappa shape index (κ3) is 2.92. The molecule has 0 unspecified atom stereocenters. The highest BCUT2D eigenvalue weighted by Gasteiger charge is 2.14. The van der Waals surface area contributed by atoms with Crippen LogP contribution in [0.4, 0.5) is 5.82 Å². The molecule has 19 heavy (non-hydrogen) atoms. The molecule has 2 aromatic rings. The van der Waals surface area contributed by atoms with Crippen molar-refractivity contribution in [3.05, 3.63) is 41.6 Å². The molecule has 100 valence electrons. The highest BCUT2D eigenvalue weighted by Crippen LogP contribution is 2.27.